The quantitative estimate of drug-likeness (QED) is 0.546. The zero-order chi connectivity index (χ0) is 23.5. The van der Waals surface area contributed by atoms with E-state index in [1.54, 1.807) is 24.3 Å². The minimum absolute atomic E-state index is 0.201. The molecule has 1 N–H and O–H groups in total. The molecule has 0 unspecified atom stereocenters. The molecule has 1 aliphatic heterocycles. The number of halogens is 3. The van der Waals surface area contributed by atoms with E-state index in [1.165, 1.54) is 6.42 Å². The van der Waals surface area contributed by atoms with Crippen LogP contribution in [0.4, 0.5) is 24.7 Å². The molecule has 0 spiro atoms. The van der Waals surface area contributed by atoms with E-state index in [0.717, 1.165) is 56.0 Å². The molecule has 1 saturated heterocycles. The SMILES string of the molecule is O=S(=O)(Nc1cccc(-c2ccc(N3CCCCC3)nn2)c1)c1ccc(OC(F)(F)F)cc1. The second-order valence-electron chi connectivity index (χ2n) is 7.53. The van der Waals surface area contributed by atoms with Crippen molar-refractivity contribution >= 4 is 21.5 Å². The van der Waals surface area contributed by atoms with E-state index in [9.17, 15) is 21.6 Å². The van der Waals surface area contributed by atoms with Gasteiger partial charge >= 0.3 is 6.36 Å². The van der Waals surface area contributed by atoms with Gasteiger partial charge in [-0.15, -0.1) is 23.4 Å². The maximum absolute atomic E-state index is 12.7. The molecule has 0 amide bonds. The Kier molecular flexibility index (Phi) is 6.41. The van der Waals surface area contributed by atoms with Crippen LogP contribution < -0.4 is 14.4 Å². The number of piperidine rings is 1. The third kappa shape index (κ3) is 5.92. The van der Waals surface area contributed by atoms with E-state index in [2.05, 4.69) is 24.6 Å². The number of anilines is 2. The molecule has 1 fully saturated rings. The van der Waals surface area contributed by atoms with Gasteiger partial charge in [0, 0.05) is 24.3 Å². The summed E-state index contributed by atoms with van der Waals surface area (Å²) in [6, 6.07) is 14.3. The summed E-state index contributed by atoms with van der Waals surface area (Å²) in [6.45, 7) is 1.91. The van der Waals surface area contributed by atoms with Crippen molar-refractivity contribution in [2.24, 2.45) is 0 Å². The molecule has 1 aliphatic rings. The van der Waals surface area contributed by atoms with Crippen molar-refractivity contribution in [1.29, 1.82) is 0 Å². The van der Waals surface area contributed by atoms with Crippen LogP contribution in [0.1, 0.15) is 19.3 Å². The fourth-order valence-corrected chi connectivity index (χ4v) is 4.60. The lowest BCUT2D eigenvalue weighted by molar-refractivity contribution is -0.274. The number of rotatable bonds is 6. The summed E-state index contributed by atoms with van der Waals surface area (Å²) in [4.78, 5) is 1.99. The Morgan fingerprint density at radius 1 is 0.909 bits per heavy atom. The number of sulfonamides is 1. The van der Waals surface area contributed by atoms with Crippen LogP contribution >= 0.6 is 0 Å². The third-order valence-corrected chi connectivity index (χ3v) is 6.51. The van der Waals surface area contributed by atoms with Crippen LogP contribution in [0.5, 0.6) is 5.75 Å². The van der Waals surface area contributed by atoms with E-state index in [0.29, 0.717) is 11.3 Å². The molecule has 33 heavy (non-hydrogen) atoms. The van der Waals surface area contributed by atoms with Gasteiger partial charge in [-0.3, -0.25) is 4.72 Å². The maximum Gasteiger partial charge on any atom is 0.573 e. The largest absolute Gasteiger partial charge is 0.573 e. The molecule has 3 aromatic rings. The third-order valence-electron chi connectivity index (χ3n) is 5.11. The molecule has 0 bridgehead atoms. The molecule has 2 aromatic carbocycles. The minimum Gasteiger partial charge on any atom is -0.406 e. The number of aromatic nitrogens is 2. The highest BCUT2D eigenvalue weighted by Crippen LogP contribution is 2.27. The Bertz CT molecular complexity index is 1190. The number of hydrogen-bond acceptors (Lipinski definition) is 6. The topological polar surface area (TPSA) is 84.4 Å². The van der Waals surface area contributed by atoms with Gasteiger partial charge in [-0.1, -0.05) is 12.1 Å². The molecule has 2 heterocycles. The molecule has 174 valence electrons. The molecule has 11 heteroatoms. The average Bonchev–Trinajstić information content (AvgIpc) is 2.79. The summed E-state index contributed by atoms with van der Waals surface area (Å²) >= 11 is 0. The molecule has 1 aromatic heterocycles. The van der Waals surface area contributed by atoms with Gasteiger partial charge in [-0.2, -0.15) is 0 Å². The van der Waals surface area contributed by atoms with E-state index >= 15 is 0 Å². The smallest absolute Gasteiger partial charge is 0.406 e. The van der Waals surface area contributed by atoms with Crippen LogP contribution in [0.3, 0.4) is 0 Å². The van der Waals surface area contributed by atoms with Crippen LogP contribution in [0, 0.1) is 0 Å². The first-order valence-electron chi connectivity index (χ1n) is 10.3. The lowest BCUT2D eigenvalue weighted by atomic mass is 10.1. The normalized spacial score (nSPS) is 14.7. The second kappa shape index (κ2) is 9.26. The van der Waals surface area contributed by atoms with Crippen LogP contribution in [0.15, 0.2) is 65.6 Å². The van der Waals surface area contributed by atoms with Gasteiger partial charge in [-0.25, -0.2) is 8.42 Å². The number of nitrogens with one attached hydrogen (secondary N) is 1. The number of nitrogens with zero attached hydrogens (tertiary/aromatic N) is 3. The maximum atomic E-state index is 12.7. The van der Waals surface area contributed by atoms with Gasteiger partial charge in [0.2, 0.25) is 0 Å². The minimum atomic E-state index is -4.85. The molecule has 4 rings (SSSR count). The van der Waals surface area contributed by atoms with Crippen molar-refractivity contribution in [3.63, 3.8) is 0 Å². The zero-order valence-electron chi connectivity index (χ0n) is 17.4. The number of benzene rings is 2. The van der Waals surface area contributed by atoms with Crippen LogP contribution in [-0.2, 0) is 10.0 Å². The number of alkyl halides is 3. The van der Waals surface area contributed by atoms with Crippen molar-refractivity contribution in [1.82, 2.24) is 10.2 Å². The Balaban J connectivity index is 1.48. The number of ether oxygens (including phenoxy) is 1. The Labute approximate surface area is 189 Å². The Morgan fingerprint density at radius 2 is 1.64 bits per heavy atom. The summed E-state index contributed by atoms with van der Waals surface area (Å²) < 4.78 is 68.4. The van der Waals surface area contributed by atoms with Crippen molar-refractivity contribution < 1.29 is 26.3 Å². The highest BCUT2D eigenvalue weighted by molar-refractivity contribution is 7.92. The fraction of sp³-hybridized carbons (Fsp3) is 0.273. The highest BCUT2D eigenvalue weighted by Gasteiger charge is 2.31. The van der Waals surface area contributed by atoms with Gasteiger partial charge in [0.25, 0.3) is 10.0 Å². The molecular weight excluding hydrogens is 457 g/mol. The molecule has 0 aliphatic carbocycles. The standard InChI is InChI=1S/C22H21F3N4O3S/c23-22(24,25)32-18-7-9-19(10-8-18)33(30,31)28-17-6-4-5-16(15-17)20-11-12-21(27-26-20)29-13-2-1-3-14-29/h4-12,15,28H,1-3,13-14H2. The molecule has 0 saturated carbocycles. The van der Waals surface area contributed by atoms with Gasteiger partial charge in [0.1, 0.15) is 5.75 Å². The summed E-state index contributed by atoms with van der Waals surface area (Å²) in [5, 5.41) is 8.59. The molecular formula is C22H21F3N4O3S. The van der Waals surface area contributed by atoms with Crippen molar-refractivity contribution in [3.05, 3.63) is 60.7 Å². The van der Waals surface area contributed by atoms with Crippen LogP contribution in [0.25, 0.3) is 11.3 Å². The lowest BCUT2D eigenvalue weighted by Crippen LogP contribution is -2.30. The monoisotopic (exact) mass is 478 g/mol. The Morgan fingerprint density at radius 3 is 2.27 bits per heavy atom. The molecule has 0 radical (unpaired) electrons. The fourth-order valence-electron chi connectivity index (χ4n) is 3.55. The summed E-state index contributed by atoms with van der Waals surface area (Å²) in [5.41, 5.74) is 1.54. The van der Waals surface area contributed by atoms with E-state index in [4.69, 9.17) is 0 Å². The molecule has 0 atom stereocenters. The van der Waals surface area contributed by atoms with Gasteiger partial charge in [0.15, 0.2) is 5.82 Å². The Hall–Kier alpha value is -3.34. The van der Waals surface area contributed by atoms with Crippen molar-refractivity contribution in [3.8, 4) is 17.0 Å². The molecule has 7 nitrogen and oxygen atoms in total. The summed E-state index contributed by atoms with van der Waals surface area (Å²) in [7, 11) is -4.02. The van der Waals surface area contributed by atoms with E-state index in [-0.39, 0.29) is 10.6 Å². The van der Waals surface area contributed by atoms with E-state index in [1.807, 2.05) is 12.1 Å². The van der Waals surface area contributed by atoms with Gasteiger partial charge in [-0.05, 0) is 67.8 Å². The lowest BCUT2D eigenvalue weighted by Gasteiger charge is -2.27. The van der Waals surface area contributed by atoms with Gasteiger partial charge in [0.05, 0.1) is 10.6 Å². The highest BCUT2D eigenvalue weighted by atomic mass is 32.2. The van der Waals surface area contributed by atoms with Crippen molar-refractivity contribution in [2.45, 2.75) is 30.5 Å². The predicted octanol–water partition coefficient (Wildman–Crippen LogP) is 4.83. The van der Waals surface area contributed by atoms with Gasteiger partial charge < -0.3 is 9.64 Å². The zero-order valence-corrected chi connectivity index (χ0v) is 18.2. The number of hydrogen-bond donors (Lipinski definition) is 1. The summed E-state index contributed by atoms with van der Waals surface area (Å²) in [5.74, 6) is 0.309. The second-order valence-corrected chi connectivity index (χ2v) is 9.21. The first-order chi connectivity index (χ1) is 15.7. The van der Waals surface area contributed by atoms with Crippen LogP contribution in [0.2, 0.25) is 0 Å². The predicted molar refractivity (Wildman–Crippen MR) is 117 cm³/mol. The first kappa shape index (κ1) is 22.8. The average molecular weight is 478 g/mol. The van der Waals surface area contributed by atoms with Crippen molar-refractivity contribution in [2.75, 3.05) is 22.7 Å². The van der Waals surface area contributed by atoms with E-state index < -0.39 is 22.1 Å². The summed E-state index contributed by atoms with van der Waals surface area (Å²) in [6.07, 6.45) is -1.38. The first-order valence-corrected chi connectivity index (χ1v) is 11.8. The van der Waals surface area contributed by atoms with Crippen LogP contribution in [-0.4, -0.2) is 38.1 Å².